The van der Waals surface area contributed by atoms with Gasteiger partial charge in [0.25, 0.3) is 5.91 Å². The molecule has 2 amide bonds. The van der Waals surface area contributed by atoms with Crippen molar-refractivity contribution in [1.82, 2.24) is 10.3 Å². The number of nitrogens with zero attached hydrogens (tertiary/aromatic N) is 1. The summed E-state index contributed by atoms with van der Waals surface area (Å²) < 4.78 is 13.3. The summed E-state index contributed by atoms with van der Waals surface area (Å²) in [6.07, 6.45) is 4.37. The van der Waals surface area contributed by atoms with Gasteiger partial charge in [-0.15, -0.1) is 0 Å². The summed E-state index contributed by atoms with van der Waals surface area (Å²) in [4.78, 5) is 27.7. The quantitative estimate of drug-likeness (QED) is 0.733. The van der Waals surface area contributed by atoms with Crippen molar-refractivity contribution in [3.05, 3.63) is 54.0 Å². The molecule has 1 aromatic carbocycles. The van der Waals surface area contributed by atoms with Crippen LogP contribution in [0.1, 0.15) is 43.0 Å². The molecule has 0 radical (unpaired) electrons. The van der Waals surface area contributed by atoms with Crippen molar-refractivity contribution in [2.24, 2.45) is 11.7 Å². The largest absolute Gasteiger partial charge is 0.396 e. The first-order chi connectivity index (χ1) is 13.4. The number of aliphatic hydroxyl groups is 1. The molecule has 1 heterocycles. The maximum atomic E-state index is 13.3. The van der Waals surface area contributed by atoms with Crippen LogP contribution in [0.15, 0.2) is 42.6 Å². The second-order valence-corrected chi connectivity index (χ2v) is 6.75. The maximum Gasteiger partial charge on any atom is 0.253 e. The van der Waals surface area contributed by atoms with Crippen LogP contribution in [0.3, 0.4) is 0 Å². The lowest BCUT2D eigenvalue weighted by molar-refractivity contribution is -0.121. The number of primary amides is 1. The highest BCUT2D eigenvalue weighted by atomic mass is 19.1. The second-order valence-electron chi connectivity index (χ2n) is 6.75. The van der Waals surface area contributed by atoms with Gasteiger partial charge in [0.15, 0.2) is 0 Å². The van der Waals surface area contributed by atoms with Crippen LogP contribution in [0.25, 0.3) is 11.3 Å². The summed E-state index contributed by atoms with van der Waals surface area (Å²) >= 11 is 0. The fourth-order valence-corrected chi connectivity index (χ4v) is 2.99. The van der Waals surface area contributed by atoms with Crippen LogP contribution in [0.5, 0.6) is 0 Å². The molecule has 1 aliphatic carbocycles. The number of pyridine rings is 1. The van der Waals surface area contributed by atoms with Gasteiger partial charge >= 0.3 is 0 Å². The molecular weight excluding hydrogens is 361 g/mol. The van der Waals surface area contributed by atoms with E-state index in [9.17, 15) is 14.0 Å². The molecular formula is C21H26FN3O3. The van der Waals surface area contributed by atoms with E-state index in [4.69, 9.17) is 10.8 Å². The van der Waals surface area contributed by atoms with Gasteiger partial charge in [-0.2, -0.15) is 0 Å². The molecule has 150 valence electrons. The van der Waals surface area contributed by atoms with Gasteiger partial charge in [-0.05, 0) is 49.9 Å². The monoisotopic (exact) mass is 387 g/mol. The average molecular weight is 387 g/mol. The summed E-state index contributed by atoms with van der Waals surface area (Å²) in [5, 5.41) is 10.8. The fraction of sp³-hybridized carbons (Fsp3) is 0.381. The Morgan fingerprint density at radius 2 is 2.04 bits per heavy atom. The zero-order valence-electron chi connectivity index (χ0n) is 15.9. The van der Waals surface area contributed by atoms with E-state index < -0.39 is 0 Å². The number of benzene rings is 1. The minimum absolute atomic E-state index is 0.0436. The van der Waals surface area contributed by atoms with Gasteiger partial charge in [-0.3, -0.25) is 14.6 Å². The van der Waals surface area contributed by atoms with Gasteiger partial charge in [-0.25, -0.2) is 4.39 Å². The average Bonchev–Trinajstić information content (AvgIpc) is 3.17. The molecule has 7 heteroatoms. The predicted molar refractivity (Wildman–Crippen MR) is 105 cm³/mol. The Morgan fingerprint density at radius 3 is 2.57 bits per heavy atom. The van der Waals surface area contributed by atoms with Crippen molar-refractivity contribution in [2.45, 2.75) is 38.6 Å². The van der Waals surface area contributed by atoms with Gasteiger partial charge in [-0.1, -0.05) is 19.1 Å². The number of hydrogen-bond donors (Lipinski definition) is 3. The topological polar surface area (TPSA) is 105 Å². The number of rotatable bonds is 5. The van der Waals surface area contributed by atoms with E-state index in [0.29, 0.717) is 36.3 Å². The Hall–Kier alpha value is -2.80. The Balaban J connectivity index is 0.000000640. The molecule has 1 aliphatic rings. The number of carbonyl (C=O) groups is 2. The fourth-order valence-electron chi connectivity index (χ4n) is 2.99. The lowest BCUT2D eigenvalue weighted by Gasteiger charge is -2.12. The summed E-state index contributed by atoms with van der Waals surface area (Å²) in [7, 11) is 0. The molecule has 2 aromatic rings. The number of nitrogens with two attached hydrogens (primary N) is 1. The lowest BCUT2D eigenvalue weighted by Crippen LogP contribution is -2.33. The Kier molecular flexibility index (Phi) is 8.07. The highest BCUT2D eigenvalue weighted by Gasteiger charge is 2.29. The van der Waals surface area contributed by atoms with Crippen LogP contribution in [0.4, 0.5) is 4.39 Å². The highest BCUT2D eigenvalue weighted by Crippen LogP contribution is 2.25. The number of aromatic nitrogens is 1. The van der Waals surface area contributed by atoms with Gasteiger partial charge < -0.3 is 16.2 Å². The molecule has 28 heavy (non-hydrogen) atoms. The number of hydrogen-bond acceptors (Lipinski definition) is 4. The van der Waals surface area contributed by atoms with E-state index in [-0.39, 0.29) is 29.6 Å². The van der Waals surface area contributed by atoms with Gasteiger partial charge in [0.1, 0.15) is 5.82 Å². The number of nitrogens with one attached hydrogen (secondary N) is 1. The molecule has 2 atom stereocenters. The predicted octanol–water partition coefficient (Wildman–Crippen LogP) is 2.66. The van der Waals surface area contributed by atoms with Crippen molar-refractivity contribution >= 4 is 11.8 Å². The van der Waals surface area contributed by atoms with Crippen LogP contribution in [-0.4, -0.2) is 34.6 Å². The number of carbonyl (C=O) groups excluding carboxylic acids is 2. The van der Waals surface area contributed by atoms with E-state index in [2.05, 4.69) is 10.3 Å². The Morgan fingerprint density at radius 1 is 1.29 bits per heavy atom. The van der Waals surface area contributed by atoms with Crippen LogP contribution in [0.2, 0.25) is 0 Å². The lowest BCUT2D eigenvalue weighted by atomic mass is 10.1. The first-order valence-electron chi connectivity index (χ1n) is 9.37. The maximum absolute atomic E-state index is 13.3. The summed E-state index contributed by atoms with van der Waals surface area (Å²) in [5.74, 6) is -1.04. The zero-order valence-corrected chi connectivity index (χ0v) is 15.9. The smallest absolute Gasteiger partial charge is 0.253 e. The molecule has 3 rings (SSSR count). The first-order valence-corrected chi connectivity index (χ1v) is 9.37. The highest BCUT2D eigenvalue weighted by molar-refractivity contribution is 5.94. The molecule has 1 aromatic heterocycles. The molecule has 6 nitrogen and oxygen atoms in total. The molecule has 0 spiro atoms. The van der Waals surface area contributed by atoms with Crippen molar-refractivity contribution in [3.8, 4) is 11.3 Å². The molecule has 0 aliphatic heterocycles. The van der Waals surface area contributed by atoms with Gasteiger partial charge in [0.2, 0.25) is 5.91 Å². The summed E-state index contributed by atoms with van der Waals surface area (Å²) in [6.45, 7) is 2.25. The number of amides is 2. The standard InChI is InChI=1S/C18H18FN3O2.C3H8O/c19-14-3-1-2-11(8-14)16-7-5-13(10-21-16)18(24)22-15-6-4-12(9-15)17(20)23;1-2-3-4/h1-3,5,7-8,10,12,15H,4,6,9H2,(H2,20,23)(H,22,24);4H,2-3H2,1H3/t12-,15+;/m1./s1. The minimum Gasteiger partial charge on any atom is -0.396 e. The molecule has 0 unspecified atom stereocenters. The van der Waals surface area contributed by atoms with Crippen LogP contribution < -0.4 is 11.1 Å². The first kappa shape index (κ1) is 21.5. The van der Waals surface area contributed by atoms with Crippen LogP contribution in [-0.2, 0) is 4.79 Å². The molecule has 1 fully saturated rings. The Bertz CT molecular complexity index is 794. The van der Waals surface area contributed by atoms with Crippen molar-refractivity contribution in [3.63, 3.8) is 0 Å². The van der Waals surface area contributed by atoms with E-state index in [1.807, 2.05) is 6.92 Å². The van der Waals surface area contributed by atoms with Crippen LogP contribution in [0, 0.1) is 11.7 Å². The van der Waals surface area contributed by atoms with Gasteiger partial charge in [0, 0.05) is 30.3 Å². The normalized spacial score (nSPS) is 18.1. The van der Waals surface area contributed by atoms with Gasteiger partial charge in [0.05, 0.1) is 11.3 Å². The number of halogens is 1. The minimum atomic E-state index is -0.332. The van der Waals surface area contributed by atoms with E-state index in [1.165, 1.54) is 18.3 Å². The zero-order chi connectivity index (χ0) is 20.5. The molecule has 1 saturated carbocycles. The molecule has 0 saturated heterocycles. The van der Waals surface area contributed by atoms with Crippen molar-refractivity contribution < 1.29 is 19.1 Å². The number of aliphatic hydroxyl groups excluding tert-OH is 1. The van der Waals surface area contributed by atoms with E-state index in [0.717, 1.165) is 12.8 Å². The van der Waals surface area contributed by atoms with Crippen LogP contribution >= 0.6 is 0 Å². The molecule has 4 N–H and O–H groups in total. The Labute approximate surface area is 164 Å². The third-order valence-corrected chi connectivity index (χ3v) is 4.54. The third kappa shape index (κ3) is 6.13. The third-order valence-electron chi connectivity index (χ3n) is 4.54. The SMILES string of the molecule is CCCO.NC(=O)[C@@H]1CC[C@H](NC(=O)c2ccc(-c3cccc(F)c3)nc2)C1. The summed E-state index contributed by atoms with van der Waals surface area (Å²) in [6, 6.07) is 9.43. The van der Waals surface area contributed by atoms with E-state index >= 15 is 0 Å². The van der Waals surface area contributed by atoms with E-state index in [1.54, 1.807) is 24.3 Å². The molecule has 0 bridgehead atoms. The summed E-state index contributed by atoms with van der Waals surface area (Å²) in [5.41, 5.74) is 6.98. The second kappa shape index (κ2) is 10.5. The van der Waals surface area contributed by atoms with Crippen molar-refractivity contribution in [2.75, 3.05) is 6.61 Å². The van der Waals surface area contributed by atoms with Crippen molar-refractivity contribution in [1.29, 1.82) is 0 Å².